The van der Waals surface area contributed by atoms with E-state index < -0.39 is 0 Å². The predicted octanol–water partition coefficient (Wildman–Crippen LogP) is 7.79. The molecule has 1 heterocycles. The molecular weight excluding hydrogens is 567 g/mol. The first kappa shape index (κ1) is 27.7. The quantitative estimate of drug-likeness (QED) is 0.113. The maximum atomic E-state index is 12.4. The highest BCUT2D eigenvalue weighted by atomic mass is 35.5. The number of hydrogen-bond donors (Lipinski definition) is 1. The van der Waals surface area contributed by atoms with Crippen molar-refractivity contribution in [3.05, 3.63) is 122 Å². The van der Waals surface area contributed by atoms with Crippen LogP contribution in [0, 0.1) is 0 Å². The van der Waals surface area contributed by atoms with Crippen molar-refractivity contribution in [2.24, 2.45) is 10.7 Å². The summed E-state index contributed by atoms with van der Waals surface area (Å²) < 4.78 is 7.24. The van der Waals surface area contributed by atoms with E-state index in [1.54, 1.807) is 31.2 Å². The summed E-state index contributed by atoms with van der Waals surface area (Å²) in [5.74, 6) is 0.756. The third-order valence-corrected chi connectivity index (χ3v) is 7.23. The Kier molecular flexibility index (Phi) is 8.40. The first-order valence-electron chi connectivity index (χ1n) is 12.6. The lowest BCUT2D eigenvalue weighted by molar-refractivity contribution is 0.0526. The molecule has 0 aliphatic heterocycles. The van der Waals surface area contributed by atoms with Gasteiger partial charge in [-0.3, -0.25) is 4.99 Å². The number of nitrogens with zero attached hydrogens (tertiary/aromatic N) is 3. The zero-order valence-electron chi connectivity index (χ0n) is 21.6. The van der Waals surface area contributed by atoms with Crippen molar-refractivity contribution in [1.82, 2.24) is 9.55 Å². The summed E-state index contributed by atoms with van der Waals surface area (Å²) >= 11 is 18.6. The Balaban J connectivity index is 1.50. The van der Waals surface area contributed by atoms with Crippen LogP contribution in [0.25, 0.3) is 22.4 Å². The van der Waals surface area contributed by atoms with Gasteiger partial charge in [0.15, 0.2) is 0 Å². The number of benzene rings is 4. The second-order valence-electron chi connectivity index (χ2n) is 9.09. The van der Waals surface area contributed by atoms with E-state index in [4.69, 9.17) is 50.3 Å². The highest BCUT2D eigenvalue weighted by molar-refractivity contribution is 6.35. The van der Waals surface area contributed by atoms with Crippen LogP contribution in [0.4, 0.5) is 0 Å². The summed E-state index contributed by atoms with van der Waals surface area (Å²) in [6, 6.07) is 26.0. The third-order valence-electron chi connectivity index (χ3n) is 6.39. The smallest absolute Gasteiger partial charge is 0.338 e. The number of fused-ring (bicyclic) bond motifs is 1. The number of hydrogen-bond acceptors (Lipinski definition) is 4. The van der Waals surface area contributed by atoms with Gasteiger partial charge in [-0.05, 0) is 60.5 Å². The molecule has 0 aliphatic rings. The molecule has 2 N–H and O–H groups in total. The van der Waals surface area contributed by atoms with E-state index >= 15 is 0 Å². The zero-order valence-corrected chi connectivity index (χ0v) is 23.8. The van der Waals surface area contributed by atoms with E-state index in [2.05, 4.69) is 9.56 Å². The fourth-order valence-corrected chi connectivity index (χ4v) is 4.91. The minimum atomic E-state index is -0.390. The van der Waals surface area contributed by atoms with E-state index in [1.165, 1.54) is 0 Å². The summed E-state index contributed by atoms with van der Waals surface area (Å²) in [5, 5.41) is 1.80. The lowest BCUT2D eigenvalue weighted by atomic mass is 10.1. The Bertz CT molecular complexity index is 1710. The molecule has 0 unspecified atom stereocenters. The van der Waals surface area contributed by atoms with Crippen LogP contribution < -0.4 is 5.73 Å². The lowest BCUT2D eigenvalue weighted by Crippen LogP contribution is -2.13. The second-order valence-corrected chi connectivity index (χ2v) is 10.4. The van der Waals surface area contributed by atoms with Crippen LogP contribution in [0.2, 0.25) is 15.1 Å². The minimum Gasteiger partial charge on any atom is -0.462 e. The van der Waals surface area contributed by atoms with Crippen molar-refractivity contribution in [1.29, 1.82) is 0 Å². The second kappa shape index (κ2) is 12.1. The number of carbonyl (C=O) groups is 1. The summed E-state index contributed by atoms with van der Waals surface area (Å²) in [6.07, 6.45) is 0. The summed E-state index contributed by atoms with van der Waals surface area (Å²) in [7, 11) is 0. The molecule has 5 aromatic rings. The average molecular weight is 592 g/mol. The van der Waals surface area contributed by atoms with Gasteiger partial charge in [0.2, 0.25) is 0 Å². The van der Waals surface area contributed by atoms with Gasteiger partial charge in [0.1, 0.15) is 11.7 Å². The fourth-order valence-electron chi connectivity index (χ4n) is 4.32. The van der Waals surface area contributed by atoms with Gasteiger partial charge in [-0.1, -0.05) is 77.3 Å². The van der Waals surface area contributed by atoms with Crippen LogP contribution in [0.15, 0.2) is 89.9 Å². The molecule has 6 nitrogen and oxygen atoms in total. The SMILES string of the molecule is CCOC(=O)c1ccc2c(c1)nc(-c1ccc(C(N)=NCc3ccc(Cl)cc3)cc1)n2Cc1ccc(Cl)cc1Cl. The number of aromatic nitrogens is 2. The Hall–Kier alpha value is -3.84. The molecule has 0 saturated heterocycles. The van der Waals surface area contributed by atoms with Crippen LogP contribution in [-0.2, 0) is 17.8 Å². The molecule has 40 heavy (non-hydrogen) atoms. The van der Waals surface area contributed by atoms with Crippen molar-refractivity contribution in [3.8, 4) is 11.4 Å². The van der Waals surface area contributed by atoms with Gasteiger partial charge < -0.3 is 15.0 Å². The standard InChI is InChI=1S/C31H25Cl3N4O2/c1-2-40-31(39)22-10-14-28-27(15-22)37-30(38(28)18-23-9-13-25(33)16-26(23)34)21-7-5-20(6-8-21)29(35)36-17-19-3-11-24(32)12-4-19/h3-16H,2,17-18H2,1H3,(H2,35,36). The van der Waals surface area contributed by atoms with Gasteiger partial charge in [-0.25, -0.2) is 9.78 Å². The highest BCUT2D eigenvalue weighted by Crippen LogP contribution is 2.30. The Morgan fingerprint density at radius 2 is 1.60 bits per heavy atom. The summed E-state index contributed by atoms with van der Waals surface area (Å²) in [4.78, 5) is 21.8. The molecular formula is C31H25Cl3N4O2. The van der Waals surface area contributed by atoms with Crippen LogP contribution in [0.5, 0.6) is 0 Å². The van der Waals surface area contributed by atoms with E-state index in [0.717, 1.165) is 27.8 Å². The van der Waals surface area contributed by atoms with E-state index in [9.17, 15) is 4.79 Å². The van der Waals surface area contributed by atoms with Gasteiger partial charge in [0.25, 0.3) is 0 Å². The van der Waals surface area contributed by atoms with E-state index in [-0.39, 0.29) is 5.97 Å². The van der Waals surface area contributed by atoms with Crippen LogP contribution in [0.1, 0.15) is 34.0 Å². The van der Waals surface area contributed by atoms with Crippen molar-refractivity contribution in [2.75, 3.05) is 6.61 Å². The Morgan fingerprint density at radius 3 is 2.30 bits per heavy atom. The van der Waals surface area contributed by atoms with E-state index in [1.807, 2.05) is 60.7 Å². The molecule has 0 radical (unpaired) electrons. The first-order valence-corrected chi connectivity index (χ1v) is 13.7. The number of ether oxygens (including phenoxy) is 1. The van der Waals surface area contributed by atoms with Crippen LogP contribution in [0.3, 0.4) is 0 Å². The molecule has 1 aromatic heterocycles. The van der Waals surface area contributed by atoms with Gasteiger partial charge >= 0.3 is 5.97 Å². The molecule has 4 aromatic carbocycles. The monoisotopic (exact) mass is 590 g/mol. The van der Waals surface area contributed by atoms with Gasteiger partial charge in [-0.2, -0.15) is 0 Å². The molecule has 202 valence electrons. The third kappa shape index (κ3) is 6.15. The molecule has 0 aliphatic carbocycles. The predicted molar refractivity (Wildman–Crippen MR) is 163 cm³/mol. The number of esters is 1. The number of amidine groups is 1. The molecule has 0 spiro atoms. The van der Waals surface area contributed by atoms with Crippen molar-refractivity contribution >= 4 is 57.6 Å². The lowest BCUT2D eigenvalue weighted by Gasteiger charge is -2.12. The van der Waals surface area contributed by atoms with Crippen LogP contribution in [-0.4, -0.2) is 28.0 Å². The normalized spacial score (nSPS) is 11.7. The largest absolute Gasteiger partial charge is 0.462 e. The molecule has 5 rings (SSSR count). The van der Waals surface area contributed by atoms with Crippen molar-refractivity contribution in [3.63, 3.8) is 0 Å². The molecule has 9 heteroatoms. The Morgan fingerprint density at radius 1 is 0.900 bits per heavy atom. The summed E-state index contributed by atoms with van der Waals surface area (Å²) in [5.41, 5.74) is 11.8. The number of nitrogens with two attached hydrogens (primary N) is 1. The van der Waals surface area contributed by atoms with Crippen molar-refractivity contribution < 1.29 is 9.53 Å². The van der Waals surface area contributed by atoms with Gasteiger partial charge in [0, 0.05) is 26.2 Å². The van der Waals surface area contributed by atoms with Crippen LogP contribution >= 0.6 is 34.8 Å². The molecule has 0 amide bonds. The maximum Gasteiger partial charge on any atom is 0.338 e. The van der Waals surface area contributed by atoms with Crippen molar-refractivity contribution in [2.45, 2.75) is 20.0 Å². The van der Waals surface area contributed by atoms with E-state index in [0.29, 0.717) is 57.5 Å². The molecule has 0 saturated carbocycles. The Labute approximate surface area is 247 Å². The molecule has 0 atom stereocenters. The number of rotatable bonds is 8. The summed E-state index contributed by atoms with van der Waals surface area (Å²) in [6.45, 7) is 2.97. The number of imidazole rings is 1. The molecule has 0 fully saturated rings. The number of carbonyl (C=O) groups excluding carboxylic acids is 1. The maximum absolute atomic E-state index is 12.4. The fraction of sp³-hybridized carbons (Fsp3) is 0.129. The molecule has 0 bridgehead atoms. The van der Waals surface area contributed by atoms with Gasteiger partial charge in [0.05, 0.1) is 36.3 Å². The average Bonchev–Trinajstić information content (AvgIpc) is 3.31. The highest BCUT2D eigenvalue weighted by Gasteiger charge is 2.17. The van der Waals surface area contributed by atoms with Gasteiger partial charge in [-0.15, -0.1) is 0 Å². The topological polar surface area (TPSA) is 82.5 Å². The minimum absolute atomic E-state index is 0.296. The first-order chi connectivity index (χ1) is 19.3. The number of halogens is 3. The zero-order chi connectivity index (χ0) is 28.2. The number of aliphatic imine (C=N–C) groups is 1.